The van der Waals surface area contributed by atoms with Gasteiger partial charge in [0.2, 0.25) is 5.91 Å². The minimum Gasteiger partial charge on any atom is -0.375 e. The van der Waals surface area contributed by atoms with Gasteiger partial charge in [-0.25, -0.2) is 0 Å². The zero-order valence-electron chi connectivity index (χ0n) is 10.9. The molecule has 0 unspecified atom stereocenters. The Hall–Kier alpha value is -0.610. The number of rotatable bonds is 1. The van der Waals surface area contributed by atoms with Crippen molar-refractivity contribution < 1.29 is 9.53 Å². The van der Waals surface area contributed by atoms with E-state index < -0.39 is 0 Å². The number of morpholine rings is 1. The average molecular weight is 240 g/mol. The zero-order valence-corrected chi connectivity index (χ0v) is 10.9. The summed E-state index contributed by atoms with van der Waals surface area (Å²) in [6, 6.07) is 0.420. The maximum absolute atomic E-state index is 12.5. The molecule has 0 aromatic carbocycles. The van der Waals surface area contributed by atoms with Crippen LogP contribution in [-0.2, 0) is 9.53 Å². The van der Waals surface area contributed by atoms with E-state index in [9.17, 15) is 4.79 Å². The molecule has 0 aromatic rings. The normalized spacial score (nSPS) is 39.1. The van der Waals surface area contributed by atoms with Crippen LogP contribution in [0.5, 0.6) is 0 Å². The van der Waals surface area contributed by atoms with Crippen LogP contribution in [0.3, 0.4) is 0 Å². The predicted octanol–water partition coefficient (Wildman–Crippen LogP) is 1.14. The van der Waals surface area contributed by atoms with E-state index in [-0.39, 0.29) is 24.1 Å². The molecule has 0 spiro atoms. The lowest BCUT2D eigenvalue weighted by atomic mass is 9.85. The van der Waals surface area contributed by atoms with Crippen LogP contribution in [0.25, 0.3) is 0 Å². The van der Waals surface area contributed by atoms with Gasteiger partial charge in [-0.05, 0) is 33.1 Å². The van der Waals surface area contributed by atoms with Crippen LogP contribution < -0.4 is 5.73 Å². The Morgan fingerprint density at radius 3 is 2.82 bits per heavy atom. The summed E-state index contributed by atoms with van der Waals surface area (Å²) in [5, 5.41) is 0. The van der Waals surface area contributed by atoms with E-state index in [1.54, 1.807) is 0 Å². The largest absolute Gasteiger partial charge is 0.375 e. The summed E-state index contributed by atoms with van der Waals surface area (Å²) in [6.07, 6.45) is 4.18. The molecule has 2 N–H and O–H groups in total. The Kier molecular flexibility index (Phi) is 4.05. The number of amides is 1. The molecule has 4 atom stereocenters. The molecule has 2 rings (SSSR count). The number of carbonyl (C=O) groups is 1. The Labute approximate surface area is 103 Å². The van der Waals surface area contributed by atoms with Crippen LogP contribution in [0.15, 0.2) is 0 Å². The van der Waals surface area contributed by atoms with Gasteiger partial charge in [0.05, 0.1) is 18.8 Å². The second kappa shape index (κ2) is 5.36. The highest BCUT2D eigenvalue weighted by Crippen LogP contribution is 2.26. The summed E-state index contributed by atoms with van der Waals surface area (Å²) in [6.45, 7) is 5.47. The second-order valence-corrected chi connectivity index (χ2v) is 5.61. The number of hydrogen-bond acceptors (Lipinski definition) is 3. The third-order valence-electron chi connectivity index (χ3n) is 3.95. The molecule has 1 saturated heterocycles. The van der Waals surface area contributed by atoms with Gasteiger partial charge in [-0.1, -0.05) is 6.42 Å². The first-order chi connectivity index (χ1) is 8.08. The summed E-state index contributed by atoms with van der Waals surface area (Å²) in [4.78, 5) is 14.5. The topological polar surface area (TPSA) is 55.6 Å². The highest BCUT2D eigenvalue weighted by molar-refractivity contribution is 5.79. The second-order valence-electron chi connectivity index (χ2n) is 5.61. The molecule has 0 bridgehead atoms. The van der Waals surface area contributed by atoms with Crippen molar-refractivity contribution in [3.63, 3.8) is 0 Å². The monoisotopic (exact) mass is 240 g/mol. The summed E-state index contributed by atoms with van der Waals surface area (Å²) >= 11 is 0. The van der Waals surface area contributed by atoms with E-state index in [2.05, 4.69) is 6.92 Å². The fraction of sp³-hybridized carbons (Fsp3) is 0.923. The van der Waals surface area contributed by atoms with Gasteiger partial charge in [0.25, 0.3) is 0 Å². The summed E-state index contributed by atoms with van der Waals surface area (Å²) in [5.74, 6) is 0.439. The fourth-order valence-corrected chi connectivity index (χ4v) is 2.90. The molecule has 1 heterocycles. The van der Waals surface area contributed by atoms with Crippen molar-refractivity contribution in [1.82, 2.24) is 4.90 Å². The molecule has 4 nitrogen and oxygen atoms in total. The van der Waals surface area contributed by atoms with Crippen molar-refractivity contribution in [1.29, 1.82) is 0 Å². The highest BCUT2D eigenvalue weighted by Gasteiger charge is 2.33. The number of nitrogens with zero attached hydrogens (tertiary/aromatic N) is 1. The average Bonchev–Trinajstić information content (AvgIpc) is 2.31. The molecule has 2 aliphatic rings. The number of ether oxygens (including phenoxy) is 1. The van der Waals surface area contributed by atoms with Crippen molar-refractivity contribution in [2.75, 3.05) is 13.2 Å². The minimum absolute atomic E-state index is 0.145. The smallest absolute Gasteiger partial charge is 0.226 e. The fourth-order valence-electron chi connectivity index (χ4n) is 2.90. The molecule has 1 amide bonds. The number of nitrogens with two attached hydrogens (primary N) is 1. The summed E-state index contributed by atoms with van der Waals surface area (Å²) in [5.41, 5.74) is 5.96. The van der Waals surface area contributed by atoms with Crippen LogP contribution in [0, 0.1) is 5.92 Å². The van der Waals surface area contributed by atoms with Crippen LogP contribution in [-0.4, -0.2) is 42.1 Å². The molecule has 2 fully saturated rings. The maximum Gasteiger partial charge on any atom is 0.226 e. The van der Waals surface area contributed by atoms with Crippen molar-refractivity contribution in [3.8, 4) is 0 Å². The van der Waals surface area contributed by atoms with E-state index >= 15 is 0 Å². The zero-order chi connectivity index (χ0) is 12.4. The molecule has 1 aliphatic heterocycles. The Bertz CT molecular complexity index is 283. The van der Waals surface area contributed by atoms with Gasteiger partial charge in [0.15, 0.2) is 0 Å². The molecular weight excluding hydrogens is 216 g/mol. The first-order valence-corrected chi connectivity index (χ1v) is 6.75. The molecular formula is C13H24N2O2. The van der Waals surface area contributed by atoms with Crippen LogP contribution >= 0.6 is 0 Å². The van der Waals surface area contributed by atoms with Crippen molar-refractivity contribution in [2.24, 2.45) is 11.7 Å². The third kappa shape index (κ3) is 2.99. The molecule has 4 heteroatoms. The van der Waals surface area contributed by atoms with Gasteiger partial charge in [0.1, 0.15) is 0 Å². The van der Waals surface area contributed by atoms with E-state index in [1.165, 1.54) is 0 Å². The molecule has 1 aliphatic carbocycles. The predicted molar refractivity (Wildman–Crippen MR) is 66.5 cm³/mol. The highest BCUT2D eigenvalue weighted by atomic mass is 16.5. The molecule has 0 radical (unpaired) electrons. The maximum atomic E-state index is 12.5. The van der Waals surface area contributed by atoms with Gasteiger partial charge >= 0.3 is 0 Å². The van der Waals surface area contributed by atoms with E-state index in [0.717, 1.165) is 32.2 Å². The lowest BCUT2D eigenvalue weighted by Gasteiger charge is -2.40. The van der Waals surface area contributed by atoms with E-state index in [1.807, 2.05) is 11.8 Å². The van der Waals surface area contributed by atoms with Crippen LogP contribution in [0.4, 0.5) is 0 Å². The Balaban J connectivity index is 1.97. The first kappa shape index (κ1) is 12.8. The lowest BCUT2D eigenvalue weighted by molar-refractivity contribution is -0.148. The first-order valence-electron chi connectivity index (χ1n) is 6.75. The van der Waals surface area contributed by atoms with Gasteiger partial charge in [-0.15, -0.1) is 0 Å². The SMILES string of the molecule is C[C@@H]1CN(C(=O)[C@@H]2CCC[C@@H](N)C2)[C@H](C)CO1. The Morgan fingerprint density at radius 2 is 2.12 bits per heavy atom. The molecule has 17 heavy (non-hydrogen) atoms. The van der Waals surface area contributed by atoms with Gasteiger partial charge in [-0.2, -0.15) is 0 Å². The van der Waals surface area contributed by atoms with Gasteiger partial charge < -0.3 is 15.4 Å². The van der Waals surface area contributed by atoms with E-state index in [4.69, 9.17) is 10.5 Å². The standard InChI is InChI=1S/C13H24N2O2/c1-9-8-17-10(2)7-15(9)13(16)11-4-3-5-12(14)6-11/h9-12H,3-8,14H2,1-2H3/t9-,10-,11-,12-/m1/s1. The van der Waals surface area contributed by atoms with Crippen molar-refractivity contribution in [2.45, 2.75) is 57.7 Å². The summed E-state index contributed by atoms with van der Waals surface area (Å²) in [7, 11) is 0. The van der Waals surface area contributed by atoms with Gasteiger partial charge in [-0.3, -0.25) is 4.79 Å². The van der Waals surface area contributed by atoms with Crippen molar-refractivity contribution in [3.05, 3.63) is 0 Å². The van der Waals surface area contributed by atoms with Crippen LogP contribution in [0.1, 0.15) is 39.5 Å². The molecule has 0 aromatic heterocycles. The molecule has 98 valence electrons. The number of hydrogen-bond donors (Lipinski definition) is 1. The third-order valence-corrected chi connectivity index (χ3v) is 3.95. The number of carbonyl (C=O) groups excluding carboxylic acids is 1. The van der Waals surface area contributed by atoms with Crippen molar-refractivity contribution >= 4 is 5.91 Å². The minimum atomic E-state index is 0.145. The van der Waals surface area contributed by atoms with E-state index in [0.29, 0.717) is 12.5 Å². The lowest BCUT2D eigenvalue weighted by Crippen LogP contribution is -2.53. The van der Waals surface area contributed by atoms with Crippen LogP contribution in [0.2, 0.25) is 0 Å². The van der Waals surface area contributed by atoms with Gasteiger partial charge in [0, 0.05) is 18.5 Å². The molecule has 1 saturated carbocycles. The summed E-state index contributed by atoms with van der Waals surface area (Å²) < 4.78 is 5.56. The quantitative estimate of drug-likeness (QED) is 0.748. The Morgan fingerprint density at radius 1 is 1.35 bits per heavy atom.